The maximum absolute atomic E-state index is 11.8. The number of esters is 1. The van der Waals surface area contributed by atoms with E-state index < -0.39 is 5.97 Å². The summed E-state index contributed by atoms with van der Waals surface area (Å²) < 4.78 is 4.48. The SMILES string of the molecule is COC(=O)CC(=O)c1ccc2c(c1)CCN2C. The van der Waals surface area contributed by atoms with Crippen LogP contribution in [0.5, 0.6) is 0 Å². The number of hydrogen-bond donors (Lipinski definition) is 0. The zero-order chi connectivity index (χ0) is 12.4. The van der Waals surface area contributed by atoms with Crippen LogP contribution < -0.4 is 4.90 Å². The van der Waals surface area contributed by atoms with E-state index in [-0.39, 0.29) is 12.2 Å². The Morgan fingerprint density at radius 1 is 1.41 bits per heavy atom. The van der Waals surface area contributed by atoms with Crippen molar-refractivity contribution in [3.8, 4) is 0 Å². The third kappa shape index (κ3) is 2.30. The molecule has 4 nitrogen and oxygen atoms in total. The van der Waals surface area contributed by atoms with Crippen LogP contribution in [0.1, 0.15) is 22.3 Å². The number of carbonyl (C=O) groups excluding carboxylic acids is 2. The Labute approximate surface area is 100 Å². The maximum Gasteiger partial charge on any atom is 0.313 e. The van der Waals surface area contributed by atoms with Crippen molar-refractivity contribution in [2.75, 3.05) is 25.6 Å². The number of carbonyl (C=O) groups is 2. The molecule has 0 fully saturated rings. The molecule has 1 aromatic carbocycles. The molecule has 0 radical (unpaired) electrons. The first-order chi connectivity index (χ1) is 8.11. The highest BCUT2D eigenvalue weighted by atomic mass is 16.5. The molecule has 0 aliphatic carbocycles. The van der Waals surface area contributed by atoms with E-state index in [1.807, 2.05) is 19.2 Å². The molecule has 0 saturated carbocycles. The first-order valence-electron chi connectivity index (χ1n) is 5.56. The van der Waals surface area contributed by atoms with Crippen molar-refractivity contribution in [2.45, 2.75) is 12.8 Å². The van der Waals surface area contributed by atoms with Crippen molar-refractivity contribution >= 4 is 17.4 Å². The largest absolute Gasteiger partial charge is 0.469 e. The number of rotatable bonds is 3. The molecule has 4 heteroatoms. The molecule has 0 amide bonds. The van der Waals surface area contributed by atoms with Crippen LogP contribution in [0.2, 0.25) is 0 Å². The molecule has 1 aromatic rings. The molecule has 0 unspecified atom stereocenters. The second kappa shape index (κ2) is 4.57. The van der Waals surface area contributed by atoms with Gasteiger partial charge in [0.15, 0.2) is 5.78 Å². The lowest BCUT2D eigenvalue weighted by atomic mass is 10.0. The van der Waals surface area contributed by atoms with Gasteiger partial charge in [0, 0.05) is 24.8 Å². The number of methoxy groups -OCH3 is 1. The van der Waals surface area contributed by atoms with Gasteiger partial charge in [0.05, 0.1) is 7.11 Å². The number of ether oxygens (including phenoxy) is 1. The van der Waals surface area contributed by atoms with Gasteiger partial charge in [-0.05, 0) is 30.2 Å². The number of nitrogens with zero attached hydrogens (tertiary/aromatic N) is 1. The van der Waals surface area contributed by atoms with Gasteiger partial charge in [-0.3, -0.25) is 9.59 Å². The average molecular weight is 233 g/mol. The Kier molecular flexibility index (Phi) is 3.13. The lowest BCUT2D eigenvalue weighted by Crippen LogP contribution is -2.12. The summed E-state index contributed by atoms with van der Waals surface area (Å²) in [5, 5.41) is 0. The molecule has 1 heterocycles. The smallest absolute Gasteiger partial charge is 0.313 e. The van der Waals surface area contributed by atoms with Crippen molar-refractivity contribution in [1.29, 1.82) is 0 Å². The minimum absolute atomic E-state index is 0.186. The first-order valence-corrected chi connectivity index (χ1v) is 5.56. The monoisotopic (exact) mass is 233 g/mol. The van der Waals surface area contributed by atoms with Crippen LogP contribution in [0, 0.1) is 0 Å². The summed E-state index contributed by atoms with van der Waals surface area (Å²) in [4.78, 5) is 25.0. The lowest BCUT2D eigenvalue weighted by Gasteiger charge is -2.11. The number of hydrogen-bond acceptors (Lipinski definition) is 4. The molecule has 2 rings (SSSR count). The summed E-state index contributed by atoms with van der Waals surface area (Å²) in [6, 6.07) is 5.59. The summed E-state index contributed by atoms with van der Waals surface area (Å²) in [7, 11) is 3.31. The van der Waals surface area contributed by atoms with Gasteiger partial charge >= 0.3 is 5.97 Å². The first kappa shape index (κ1) is 11.6. The fourth-order valence-corrected chi connectivity index (χ4v) is 2.05. The van der Waals surface area contributed by atoms with Crippen LogP contribution in [0.15, 0.2) is 18.2 Å². The number of likely N-dealkylation sites (N-methyl/N-ethyl adjacent to an activating group) is 1. The molecule has 17 heavy (non-hydrogen) atoms. The number of benzene rings is 1. The van der Waals surface area contributed by atoms with Gasteiger partial charge in [0.2, 0.25) is 0 Å². The van der Waals surface area contributed by atoms with Gasteiger partial charge in [-0.2, -0.15) is 0 Å². The van der Waals surface area contributed by atoms with Crippen LogP contribution in [0.4, 0.5) is 5.69 Å². The fourth-order valence-electron chi connectivity index (χ4n) is 2.05. The van der Waals surface area contributed by atoms with Gasteiger partial charge in [0.1, 0.15) is 6.42 Å². The molecule has 0 aromatic heterocycles. The van der Waals surface area contributed by atoms with Crippen LogP contribution in [0.25, 0.3) is 0 Å². The maximum atomic E-state index is 11.8. The number of Topliss-reactive ketones (excluding diaryl/α,β-unsaturated/α-hetero) is 1. The molecule has 0 saturated heterocycles. The van der Waals surface area contributed by atoms with Crippen LogP contribution in [0.3, 0.4) is 0 Å². The second-order valence-corrected chi connectivity index (χ2v) is 4.19. The minimum atomic E-state index is -0.493. The zero-order valence-corrected chi connectivity index (χ0v) is 10.0. The number of fused-ring (bicyclic) bond motifs is 1. The molecular weight excluding hydrogens is 218 g/mol. The van der Waals surface area contributed by atoms with E-state index in [1.165, 1.54) is 18.4 Å². The highest BCUT2D eigenvalue weighted by Crippen LogP contribution is 2.27. The van der Waals surface area contributed by atoms with Crippen LogP contribution in [-0.4, -0.2) is 32.5 Å². The quantitative estimate of drug-likeness (QED) is 0.450. The Morgan fingerprint density at radius 3 is 2.88 bits per heavy atom. The summed E-state index contributed by atoms with van der Waals surface area (Å²) >= 11 is 0. The molecule has 0 atom stereocenters. The predicted molar refractivity (Wildman–Crippen MR) is 64.4 cm³/mol. The van der Waals surface area contributed by atoms with Crippen molar-refractivity contribution in [2.24, 2.45) is 0 Å². The Balaban J connectivity index is 2.18. The third-order valence-corrected chi connectivity index (χ3v) is 3.06. The van der Waals surface area contributed by atoms with E-state index in [0.29, 0.717) is 5.56 Å². The standard InChI is InChI=1S/C13H15NO3/c1-14-6-5-9-7-10(3-4-11(9)14)12(15)8-13(16)17-2/h3-4,7H,5-6,8H2,1-2H3. The van der Waals surface area contributed by atoms with Gasteiger partial charge in [-0.15, -0.1) is 0 Å². The predicted octanol–water partition coefficient (Wildman–Crippen LogP) is 1.42. The summed E-state index contributed by atoms with van der Waals surface area (Å²) in [6.07, 6.45) is 0.760. The Bertz CT molecular complexity index is 468. The Morgan fingerprint density at radius 2 is 2.18 bits per heavy atom. The molecule has 90 valence electrons. The molecule has 0 bridgehead atoms. The topological polar surface area (TPSA) is 46.6 Å². The van der Waals surface area contributed by atoms with E-state index in [9.17, 15) is 9.59 Å². The van der Waals surface area contributed by atoms with Gasteiger partial charge in [-0.1, -0.05) is 0 Å². The van der Waals surface area contributed by atoms with E-state index >= 15 is 0 Å². The van der Waals surface area contributed by atoms with Crippen molar-refractivity contribution in [3.63, 3.8) is 0 Å². The van der Waals surface area contributed by atoms with Gasteiger partial charge < -0.3 is 9.64 Å². The molecule has 1 aliphatic heterocycles. The summed E-state index contributed by atoms with van der Waals surface area (Å²) in [5.41, 5.74) is 2.92. The normalized spacial score (nSPS) is 13.4. The van der Waals surface area contributed by atoms with E-state index in [0.717, 1.165) is 13.0 Å². The van der Waals surface area contributed by atoms with Crippen LogP contribution in [-0.2, 0) is 16.0 Å². The molecule has 0 spiro atoms. The lowest BCUT2D eigenvalue weighted by molar-refractivity contribution is -0.139. The van der Waals surface area contributed by atoms with Gasteiger partial charge in [-0.25, -0.2) is 0 Å². The average Bonchev–Trinajstić information content (AvgIpc) is 2.70. The summed E-state index contributed by atoms with van der Waals surface area (Å²) in [5.74, 6) is -0.679. The minimum Gasteiger partial charge on any atom is -0.469 e. The molecular formula is C13H15NO3. The highest BCUT2D eigenvalue weighted by Gasteiger charge is 2.18. The van der Waals surface area contributed by atoms with E-state index in [2.05, 4.69) is 9.64 Å². The van der Waals surface area contributed by atoms with E-state index in [4.69, 9.17) is 0 Å². The van der Waals surface area contributed by atoms with Crippen molar-refractivity contribution in [3.05, 3.63) is 29.3 Å². The second-order valence-electron chi connectivity index (χ2n) is 4.19. The number of anilines is 1. The zero-order valence-electron chi connectivity index (χ0n) is 10.0. The van der Waals surface area contributed by atoms with E-state index in [1.54, 1.807) is 6.07 Å². The van der Waals surface area contributed by atoms with Crippen molar-refractivity contribution in [1.82, 2.24) is 0 Å². The summed E-state index contributed by atoms with van der Waals surface area (Å²) in [6.45, 7) is 0.976. The highest BCUT2D eigenvalue weighted by molar-refractivity contribution is 6.06. The molecule has 0 N–H and O–H groups in total. The molecule has 1 aliphatic rings. The van der Waals surface area contributed by atoms with Crippen LogP contribution >= 0.6 is 0 Å². The third-order valence-electron chi connectivity index (χ3n) is 3.06. The van der Waals surface area contributed by atoms with Crippen molar-refractivity contribution < 1.29 is 14.3 Å². The fraction of sp³-hybridized carbons (Fsp3) is 0.385. The Hall–Kier alpha value is -1.84. The number of ketones is 1. The van der Waals surface area contributed by atoms with Gasteiger partial charge in [0.25, 0.3) is 0 Å².